The highest BCUT2D eigenvalue weighted by molar-refractivity contribution is 5.85. The summed E-state index contributed by atoms with van der Waals surface area (Å²) in [5.41, 5.74) is 6.02. The number of hydrogen-bond acceptors (Lipinski definition) is 3. The normalized spacial score (nSPS) is 10.5. The molecule has 22 heavy (non-hydrogen) atoms. The van der Waals surface area contributed by atoms with E-state index >= 15 is 0 Å². The SMILES string of the molecule is NC(=O)Cc1cccc(Oc2ccc3cc(O)ccc3c2)c1. The number of aromatic hydroxyl groups is 1. The minimum absolute atomic E-state index is 0.189. The summed E-state index contributed by atoms with van der Waals surface area (Å²) in [4.78, 5) is 11.0. The fraction of sp³-hybridized carbons (Fsp3) is 0.0556. The van der Waals surface area contributed by atoms with Crippen LogP contribution in [0.5, 0.6) is 17.2 Å². The van der Waals surface area contributed by atoms with E-state index in [2.05, 4.69) is 0 Å². The molecule has 3 N–H and O–H groups in total. The van der Waals surface area contributed by atoms with E-state index in [0.29, 0.717) is 11.5 Å². The predicted octanol–water partition coefficient (Wildman–Crippen LogP) is 3.37. The van der Waals surface area contributed by atoms with E-state index in [0.717, 1.165) is 16.3 Å². The molecule has 4 nitrogen and oxygen atoms in total. The van der Waals surface area contributed by atoms with E-state index in [4.69, 9.17) is 10.5 Å². The summed E-state index contributed by atoms with van der Waals surface area (Å²) < 4.78 is 5.82. The summed E-state index contributed by atoms with van der Waals surface area (Å²) in [6, 6.07) is 18.1. The molecule has 0 aliphatic heterocycles. The van der Waals surface area contributed by atoms with Gasteiger partial charge in [-0.15, -0.1) is 0 Å². The Morgan fingerprint density at radius 3 is 2.50 bits per heavy atom. The number of amides is 1. The third-order valence-corrected chi connectivity index (χ3v) is 3.31. The molecular formula is C18H15NO3. The van der Waals surface area contributed by atoms with Gasteiger partial charge in [0.05, 0.1) is 6.42 Å². The number of carbonyl (C=O) groups excluding carboxylic acids is 1. The maximum Gasteiger partial charge on any atom is 0.221 e. The van der Waals surface area contributed by atoms with Gasteiger partial charge in [0.2, 0.25) is 5.91 Å². The second-order valence-electron chi connectivity index (χ2n) is 5.09. The molecular weight excluding hydrogens is 278 g/mol. The van der Waals surface area contributed by atoms with E-state index in [1.807, 2.05) is 42.5 Å². The van der Waals surface area contributed by atoms with Gasteiger partial charge in [0, 0.05) is 0 Å². The van der Waals surface area contributed by atoms with E-state index in [9.17, 15) is 9.90 Å². The van der Waals surface area contributed by atoms with Gasteiger partial charge < -0.3 is 15.6 Å². The fourth-order valence-corrected chi connectivity index (χ4v) is 2.33. The van der Waals surface area contributed by atoms with Gasteiger partial charge in [-0.3, -0.25) is 4.79 Å². The first-order valence-electron chi connectivity index (χ1n) is 6.88. The Kier molecular flexibility index (Phi) is 3.66. The molecule has 0 saturated heterocycles. The topological polar surface area (TPSA) is 72.6 Å². The molecule has 110 valence electrons. The van der Waals surface area contributed by atoms with Crippen LogP contribution in [-0.2, 0) is 11.2 Å². The number of rotatable bonds is 4. The smallest absolute Gasteiger partial charge is 0.221 e. The van der Waals surface area contributed by atoms with Gasteiger partial charge in [-0.25, -0.2) is 0 Å². The molecule has 0 unspecified atom stereocenters. The Morgan fingerprint density at radius 1 is 0.955 bits per heavy atom. The molecule has 0 aromatic heterocycles. The van der Waals surface area contributed by atoms with Crippen molar-refractivity contribution in [2.75, 3.05) is 0 Å². The largest absolute Gasteiger partial charge is 0.508 e. The number of carbonyl (C=O) groups is 1. The van der Waals surface area contributed by atoms with E-state index < -0.39 is 0 Å². The lowest BCUT2D eigenvalue weighted by molar-refractivity contribution is -0.117. The molecule has 0 radical (unpaired) electrons. The number of primary amides is 1. The zero-order valence-electron chi connectivity index (χ0n) is 11.8. The molecule has 0 atom stereocenters. The van der Waals surface area contributed by atoms with Crippen LogP contribution in [0.15, 0.2) is 60.7 Å². The average molecular weight is 293 g/mol. The van der Waals surface area contributed by atoms with Crippen LogP contribution in [-0.4, -0.2) is 11.0 Å². The minimum atomic E-state index is -0.373. The van der Waals surface area contributed by atoms with E-state index in [-0.39, 0.29) is 18.1 Å². The maximum atomic E-state index is 11.0. The Labute approximate surface area is 127 Å². The second kappa shape index (κ2) is 5.77. The molecule has 3 rings (SSSR count). The highest BCUT2D eigenvalue weighted by Gasteiger charge is 2.03. The minimum Gasteiger partial charge on any atom is -0.508 e. The third-order valence-electron chi connectivity index (χ3n) is 3.31. The first kappa shape index (κ1) is 13.9. The van der Waals surface area contributed by atoms with Crippen molar-refractivity contribution < 1.29 is 14.6 Å². The van der Waals surface area contributed by atoms with Crippen molar-refractivity contribution in [2.45, 2.75) is 6.42 Å². The molecule has 0 heterocycles. The van der Waals surface area contributed by atoms with E-state index in [1.54, 1.807) is 18.2 Å². The number of hydrogen-bond donors (Lipinski definition) is 2. The van der Waals surface area contributed by atoms with Crippen molar-refractivity contribution in [3.63, 3.8) is 0 Å². The van der Waals surface area contributed by atoms with Gasteiger partial charge in [0.15, 0.2) is 0 Å². The van der Waals surface area contributed by atoms with Gasteiger partial charge in [0.25, 0.3) is 0 Å². The van der Waals surface area contributed by atoms with Crippen LogP contribution in [0.4, 0.5) is 0 Å². The van der Waals surface area contributed by atoms with Gasteiger partial charge in [-0.2, -0.15) is 0 Å². The Bertz CT molecular complexity index is 843. The van der Waals surface area contributed by atoms with Crippen LogP contribution in [0, 0.1) is 0 Å². The lowest BCUT2D eigenvalue weighted by atomic mass is 10.1. The first-order chi connectivity index (χ1) is 10.6. The van der Waals surface area contributed by atoms with Crippen LogP contribution in [0.2, 0.25) is 0 Å². The molecule has 3 aromatic rings. The summed E-state index contributed by atoms with van der Waals surface area (Å²) in [6.07, 6.45) is 0.189. The molecule has 0 bridgehead atoms. The number of ether oxygens (including phenoxy) is 1. The van der Waals surface area contributed by atoms with Crippen molar-refractivity contribution in [1.82, 2.24) is 0 Å². The predicted molar refractivity (Wildman–Crippen MR) is 85.0 cm³/mol. The summed E-state index contributed by atoms with van der Waals surface area (Å²) >= 11 is 0. The van der Waals surface area contributed by atoms with Gasteiger partial charge >= 0.3 is 0 Å². The highest BCUT2D eigenvalue weighted by atomic mass is 16.5. The quantitative estimate of drug-likeness (QED) is 0.774. The zero-order chi connectivity index (χ0) is 15.5. The Morgan fingerprint density at radius 2 is 1.68 bits per heavy atom. The van der Waals surface area contributed by atoms with Crippen molar-refractivity contribution in [1.29, 1.82) is 0 Å². The standard InChI is InChI=1S/C18H15NO3/c19-18(21)9-12-2-1-3-16(8-12)22-17-7-5-13-10-15(20)6-4-14(13)11-17/h1-8,10-11,20H,9H2,(H2,19,21). The lowest BCUT2D eigenvalue weighted by Crippen LogP contribution is -2.13. The van der Waals surface area contributed by atoms with E-state index in [1.165, 1.54) is 0 Å². The van der Waals surface area contributed by atoms with Gasteiger partial charge in [-0.05, 0) is 52.7 Å². The molecule has 1 amide bonds. The van der Waals surface area contributed by atoms with Crippen molar-refractivity contribution >= 4 is 16.7 Å². The Balaban J connectivity index is 1.86. The summed E-state index contributed by atoms with van der Waals surface area (Å²) in [7, 11) is 0. The number of nitrogens with two attached hydrogens (primary N) is 1. The van der Waals surface area contributed by atoms with Crippen molar-refractivity contribution in [3.8, 4) is 17.2 Å². The monoisotopic (exact) mass is 293 g/mol. The average Bonchev–Trinajstić information content (AvgIpc) is 2.47. The number of fused-ring (bicyclic) bond motifs is 1. The highest BCUT2D eigenvalue weighted by Crippen LogP contribution is 2.28. The summed E-state index contributed by atoms with van der Waals surface area (Å²) in [6.45, 7) is 0. The summed E-state index contributed by atoms with van der Waals surface area (Å²) in [5.74, 6) is 1.20. The lowest BCUT2D eigenvalue weighted by Gasteiger charge is -2.08. The number of phenolic OH excluding ortho intramolecular Hbond substituents is 1. The molecule has 0 aliphatic carbocycles. The van der Waals surface area contributed by atoms with Crippen LogP contribution in [0.25, 0.3) is 10.8 Å². The van der Waals surface area contributed by atoms with Gasteiger partial charge in [0.1, 0.15) is 17.2 Å². The fourth-order valence-electron chi connectivity index (χ4n) is 2.33. The molecule has 0 saturated carbocycles. The number of benzene rings is 3. The molecule has 4 heteroatoms. The third kappa shape index (κ3) is 3.17. The van der Waals surface area contributed by atoms with Crippen LogP contribution in [0.3, 0.4) is 0 Å². The first-order valence-corrected chi connectivity index (χ1v) is 6.88. The van der Waals surface area contributed by atoms with Crippen LogP contribution >= 0.6 is 0 Å². The van der Waals surface area contributed by atoms with Crippen molar-refractivity contribution in [3.05, 3.63) is 66.2 Å². The van der Waals surface area contributed by atoms with Crippen molar-refractivity contribution in [2.24, 2.45) is 5.73 Å². The maximum absolute atomic E-state index is 11.0. The van der Waals surface area contributed by atoms with Crippen LogP contribution in [0.1, 0.15) is 5.56 Å². The van der Waals surface area contributed by atoms with Gasteiger partial charge in [-0.1, -0.05) is 24.3 Å². The molecule has 3 aromatic carbocycles. The zero-order valence-corrected chi connectivity index (χ0v) is 11.8. The molecule has 0 spiro atoms. The molecule has 0 aliphatic rings. The Hall–Kier alpha value is -3.01. The summed E-state index contributed by atoms with van der Waals surface area (Å²) in [5, 5.41) is 11.4. The van der Waals surface area contributed by atoms with Crippen LogP contribution < -0.4 is 10.5 Å². The molecule has 0 fully saturated rings. The number of phenols is 1. The second-order valence-corrected chi connectivity index (χ2v) is 5.09.